The van der Waals surface area contributed by atoms with Gasteiger partial charge >= 0.3 is 6.09 Å². The molecule has 10 heteroatoms. The van der Waals surface area contributed by atoms with Gasteiger partial charge in [-0.2, -0.15) is 0 Å². The number of ether oxygens (including phenoxy) is 2. The van der Waals surface area contributed by atoms with Crippen LogP contribution in [-0.2, 0) is 31.7 Å². The number of imidazole rings is 1. The molecule has 36 heavy (non-hydrogen) atoms. The minimum Gasteiger partial charge on any atom is -0.444 e. The normalized spacial score (nSPS) is 28.7. The van der Waals surface area contributed by atoms with E-state index in [1.54, 1.807) is 43.9 Å². The van der Waals surface area contributed by atoms with Crippen molar-refractivity contribution >= 4 is 17.9 Å². The Bertz CT molecular complexity index is 1040. The maximum Gasteiger partial charge on any atom is 0.408 e. The molecule has 0 unspecified atom stereocenters. The number of carbonyl (C=O) groups excluding carboxylic acids is 3. The van der Waals surface area contributed by atoms with E-state index in [1.807, 2.05) is 17.8 Å². The molecule has 198 valence electrons. The first-order valence-corrected chi connectivity index (χ1v) is 13.1. The molecule has 1 aromatic rings. The van der Waals surface area contributed by atoms with Crippen molar-refractivity contribution in [3.8, 4) is 0 Å². The van der Waals surface area contributed by atoms with Crippen LogP contribution in [0.1, 0.15) is 71.5 Å². The molecule has 1 aromatic heterocycles. The summed E-state index contributed by atoms with van der Waals surface area (Å²) in [6, 6.07) is -1.18. The first-order valence-electron chi connectivity index (χ1n) is 13.1. The van der Waals surface area contributed by atoms with Crippen LogP contribution in [0.4, 0.5) is 4.79 Å². The third-order valence-electron chi connectivity index (χ3n) is 8.46. The lowest BCUT2D eigenvalue weighted by Gasteiger charge is -2.49. The number of amides is 3. The number of hydrogen-bond donors (Lipinski definition) is 1. The fourth-order valence-electron chi connectivity index (χ4n) is 6.31. The minimum absolute atomic E-state index is 0.0233. The Morgan fingerprint density at radius 1 is 1.14 bits per heavy atom. The molecule has 3 aliphatic heterocycles. The summed E-state index contributed by atoms with van der Waals surface area (Å²) >= 11 is 0. The highest BCUT2D eigenvalue weighted by Crippen LogP contribution is 2.55. The van der Waals surface area contributed by atoms with E-state index < -0.39 is 29.4 Å². The van der Waals surface area contributed by atoms with Crippen LogP contribution in [0.5, 0.6) is 0 Å². The highest BCUT2D eigenvalue weighted by atomic mass is 16.6. The summed E-state index contributed by atoms with van der Waals surface area (Å²) in [5, 5.41) is 2.86. The van der Waals surface area contributed by atoms with E-state index in [0.29, 0.717) is 25.9 Å². The zero-order valence-electron chi connectivity index (χ0n) is 22.1. The molecule has 10 nitrogen and oxygen atoms in total. The summed E-state index contributed by atoms with van der Waals surface area (Å²) in [6.07, 6.45) is 9.15. The third kappa shape index (κ3) is 4.48. The van der Waals surface area contributed by atoms with Crippen molar-refractivity contribution in [2.75, 3.05) is 20.2 Å². The highest BCUT2D eigenvalue weighted by Gasteiger charge is 2.55. The Hall–Kier alpha value is -2.62. The lowest BCUT2D eigenvalue weighted by atomic mass is 9.87. The number of carbonyl (C=O) groups is 3. The van der Waals surface area contributed by atoms with E-state index >= 15 is 0 Å². The molecule has 0 radical (unpaired) electrons. The Labute approximate surface area is 212 Å². The van der Waals surface area contributed by atoms with E-state index in [2.05, 4.69) is 10.3 Å². The number of nitrogens with zero attached hydrogens (tertiary/aromatic N) is 4. The van der Waals surface area contributed by atoms with Gasteiger partial charge in [-0.25, -0.2) is 9.78 Å². The first kappa shape index (κ1) is 25.0. The average Bonchev–Trinajstić information content (AvgIpc) is 3.19. The lowest BCUT2D eigenvalue weighted by molar-refractivity contribution is -0.173. The van der Waals surface area contributed by atoms with E-state index in [9.17, 15) is 14.4 Å². The number of aromatic nitrogens is 2. The van der Waals surface area contributed by atoms with Gasteiger partial charge in [0.1, 0.15) is 23.5 Å². The molecule has 1 N–H and O–H groups in total. The first-order chi connectivity index (χ1) is 17.0. The van der Waals surface area contributed by atoms with E-state index in [4.69, 9.17) is 9.47 Å². The molecule has 3 saturated heterocycles. The predicted octanol–water partition coefficient (Wildman–Crippen LogP) is 2.32. The molecule has 5 rings (SSSR count). The topological polar surface area (TPSA) is 106 Å². The summed E-state index contributed by atoms with van der Waals surface area (Å²) in [5.74, 6) is 0.581. The number of aryl methyl sites for hydroxylation is 1. The van der Waals surface area contributed by atoms with Crippen molar-refractivity contribution in [1.29, 1.82) is 0 Å². The number of nitrogens with one attached hydrogen (secondary N) is 1. The van der Waals surface area contributed by atoms with Gasteiger partial charge in [0.15, 0.2) is 5.60 Å². The maximum absolute atomic E-state index is 13.9. The second-order valence-corrected chi connectivity index (χ2v) is 12.2. The van der Waals surface area contributed by atoms with Crippen LogP contribution in [-0.4, -0.2) is 81.2 Å². The van der Waals surface area contributed by atoms with E-state index in [-0.39, 0.29) is 23.3 Å². The van der Waals surface area contributed by atoms with Crippen LogP contribution < -0.4 is 5.32 Å². The van der Waals surface area contributed by atoms with Gasteiger partial charge in [0.2, 0.25) is 11.8 Å². The van der Waals surface area contributed by atoms with Crippen LogP contribution in [0.3, 0.4) is 0 Å². The summed E-state index contributed by atoms with van der Waals surface area (Å²) in [7, 11) is 3.56. The van der Waals surface area contributed by atoms with Crippen molar-refractivity contribution in [1.82, 2.24) is 24.7 Å². The molecule has 3 atom stereocenters. The van der Waals surface area contributed by atoms with Crippen LogP contribution in [0, 0.1) is 5.41 Å². The predicted molar refractivity (Wildman–Crippen MR) is 131 cm³/mol. The molecule has 1 aliphatic carbocycles. The van der Waals surface area contributed by atoms with Crippen LogP contribution in [0.15, 0.2) is 12.4 Å². The van der Waals surface area contributed by atoms with Gasteiger partial charge in [-0.15, -0.1) is 0 Å². The van der Waals surface area contributed by atoms with E-state index in [1.165, 1.54) is 0 Å². The molecule has 3 amide bonds. The quantitative estimate of drug-likeness (QED) is 0.679. The summed E-state index contributed by atoms with van der Waals surface area (Å²) in [4.78, 5) is 48.2. The zero-order valence-corrected chi connectivity index (χ0v) is 22.1. The van der Waals surface area contributed by atoms with Gasteiger partial charge in [0.05, 0.1) is 13.1 Å². The number of fused-ring (bicyclic) bond motifs is 1. The standard InChI is InChI=1S/C26H39N5O5/c1-24(2,3)36-23(34)28-18-14-25(10-11-25)9-8-17-6-7-19(31(17)20(18)32)21(33)30-15-26(16-30,35-5)22-27-12-13-29(22)4/h12-13,17-19H,6-11,14-16H2,1-5H3,(H,28,34)/t17-,18+,19+/m1/s1. The molecule has 0 bridgehead atoms. The van der Waals surface area contributed by atoms with E-state index in [0.717, 1.165) is 37.9 Å². The molecule has 0 aromatic carbocycles. The molecular formula is C26H39N5O5. The molecule has 1 spiro atoms. The number of rotatable bonds is 4. The molecule has 4 heterocycles. The zero-order chi connectivity index (χ0) is 25.9. The van der Waals surface area contributed by atoms with Gasteiger partial charge in [0.25, 0.3) is 0 Å². The fraction of sp³-hybridized carbons (Fsp3) is 0.769. The summed E-state index contributed by atoms with van der Waals surface area (Å²) < 4.78 is 13.2. The van der Waals surface area contributed by atoms with Crippen molar-refractivity contribution in [2.45, 2.75) is 95.0 Å². The second-order valence-electron chi connectivity index (χ2n) is 12.2. The van der Waals surface area contributed by atoms with Crippen molar-refractivity contribution in [3.63, 3.8) is 0 Å². The number of hydrogen-bond acceptors (Lipinski definition) is 6. The smallest absolute Gasteiger partial charge is 0.408 e. The van der Waals surface area contributed by atoms with Gasteiger partial charge < -0.3 is 29.2 Å². The van der Waals surface area contributed by atoms with Crippen molar-refractivity contribution in [2.24, 2.45) is 12.5 Å². The monoisotopic (exact) mass is 501 g/mol. The Balaban J connectivity index is 1.32. The highest BCUT2D eigenvalue weighted by molar-refractivity contribution is 5.92. The Morgan fingerprint density at radius 3 is 2.44 bits per heavy atom. The van der Waals surface area contributed by atoms with Crippen LogP contribution >= 0.6 is 0 Å². The van der Waals surface area contributed by atoms with Crippen molar-refractivity contribution in [3.05, 3.63) is 18.2 Å². The third-order valence-corrected chi connectivity index (χ3v) is 8.46. The summed E-state index contributed by atoms with van der Waals surface area (Å²) in [5.41, 5.74) is -1.16. The van der Waals surface area contributed by atoms with Gasteiger partial charge in [-0.3, -0.25) is 9.59 Å². The average molecular weight is 502 g/mol. The summed E-state index contributed by atoms with van der Waals surface area (Å²) in [6.45, 7) is 6.22. The number of likely N-dealkylation sites (tertiary alicyclic amines) is 1. The van der Waals surface area contributed by atoms with Gasteiger partial charge in [-0.05, 0) is 71.1 Å². The van der Waals surface area contributed by atoms with Crippen LogP contribution in [0.2, 0.25) is 0 Å². The Morgan fingerprint density at radius 2 is 1.86 bits per heavy atom. The number of alkyl carbamates (subject to hydrolysis) is 1. The molecule has 4 aliphatic rings. The maximum atomic E-state index is 13.9. The lowest BCUT2D eigenvalue weighted by Crippen LogP contribution is -2.66. The molecule has 1 saturated carbocycles. The minimum atomic E-state index is -0.680. The fourth-order valence-corrected chi connectivity index (χ4v) is 6.31. The van der Waals surface area contributed by atoms with Gasteiger partial charge in [-0.1, -0.05) is 0 Å². The van der Waals surface area contributed by atoms with Gasteiger partial charge in [0, 0.05) is 32.6 Å². The molecule has 4 fully saturated rings. The SMILES string of the molecule is COC1(c2nccn2C)CN(C(=O)[C@@H]2CC[C@@H]3CCC4(CC4)C[C@H](NC(=O)OC(C)(C)C)C(=O)N32)C1. The van der Waals surface area contributed by atoms with Crippen LogP contribution in [0.25, 0.3) is 0 Å². The Kier molecular flexibility index (Phi) is 6.08. The number of methoxy groups -OCH3 is 1. The second kappa shape index (κ2) is 8.75. The van der Waals surface area contributed by atoms with Crippen molar-refractivity contribution < 1.29 is 23.9 Å². The largest absolute Gasteiger partial charge is 0.444 e. The molecular weight excluding hydrogens is 462 g/mol.